The van der Waals surface area contributed by atoms with Crippen LogP contribution >= 0.6 is 0 Å². The summed E-state index contributed by atoms with van der Waals surface area (Å²) in [6.07, 6.45) is 0.0666. The van der Waals surface area contributed by atoms with Gasteiger partial charge >= 0.3 is 12.1 Å². The number of carboxylic acids is 1. The maximum atomic E-state index is 15.4. The maximum Gasteiger partial charge on any atom is 0.421 e. The Bertz CT molecular complexity index is 1440. The summed E-state index contributed by atoms with van der Waals surface area (Å²) in [5.41, 5.74) is -2.14. The Hall–Kier alpha value is -4.06. The van der Waals surface area contributed by atoms with Crippen molar-refractivity contribution in [3.8, 4) is 11.6 Å². The molecular formula is C30H31F4N3O5. The number of nitrogens with zero attached hydrogens (tertiary/aromatic N) is 3. The number of aliphatic hydroxyl groups excluding tert-OH is 1. The van der Waals surface area contributed by atoms with Crippen LogP contribution in [0.1, 0.15) is 79.6 Å². The van der Waals surface area contributed by atoms with E-state index in [9.17, 15) is 33.0 Å². The lowest BCUT2D eigenvalue weighted by Crippen LogP contribution is -2.43. The fourth-order valence-electron chi connectivity index (χ4n) is 5.08. The number of rotatable bonds is 8. The number of hydrogen-bond donors (Lipinski definition) is 2. The van der Waals surface area contributed by atoms with Crippen molar-refractivity contribution in [3.05, 3.63) is 77.0 Å². The van der Waals surface area contributed by atoms with Crippen molar-refractivity contribution in [1.82, 2.24) is 9.97 Å². The highest BCUT2D eigenvalue weighted by molar-refractivity contribution is 6.03. The van der Waals surface area contributed by atoms with Crippen LogP contribution in [0.2, 0.25) is 0 Å². The molecule has 4 rings (SSSR count). The van der Waals surface area contributed by atoms with E-state index in [1.807, 2.05) is 0 Å². The first-order valence-electron chi connectivity index (χ1n) is 13.5. The van der Waals surface area contributed by atoms with Crippen LogP contribution in [0.5, 0.6) is 11.6 Å². The van der Waals surface area contributed by atoms with Gasteiger partial charge in [-0.3, -0.25) is 9.78 Å². The summed E-state index contributed by atoms with van der Waals surface area (Å²) in [7, 11) is 0. The number of halogens is 4. The minimum Gasteiger partial charge on any atom is -0.478 e. The molecule has 1 aromatic carbocycles. The number of carbonyl (C=O) groups excluding carboxylic acids is 1. The van der Waals surface area contributed by atoms with Gasteiger partial charge in [0.05, 0.1) is 11.3 Å². The highest BCUT2D eigenvalue weighted by atomic mass is 19.4. The quantitative estimate of drug-likeness (QED) is 0.279. The molecule has 8 nitrogen and oxygen atoms in total. The van der Waals surface area contributed by atoms with E-state index in [1.165, 1.54) is 29.4 Å². The molecule has 224 valence electrons. The molecule has 1 unspecified atom stereocenters. The molecule has 0 spiro atoms. The van der Waals surface area contributed by atoms with Crippen LogP contribution in [0.4, 0.5) is 23.2 Å². The second kappa shape index (κ2) is 12.4. The number of aromatic nitrogens is 2. The van der Waals surface area contributed by atoms with Gasteiger partial charge in [-0.05, 0) is 57.6 Å². The number of amides is 1. The number of aliphatic hydroxyl groups is 1. The zero-order valence-corrected chi connectivity index (χ0v) is 23.2. The summed E-state index contributed by atoms with van der Waals surface area (Å²) in [4.78, 5) is 34.5. The van der Waals surface area contributed by atoms with Crippen molar-refractivity contribution in [2.45, 2.75) is 64.8 Å². The number of alkyl halides is 3. The molecule has 2 N–H and O–H groups in total. The third-order valence-corrected chi connectivity index (χ3v) is 7.36. The zero-order chi connectivity index (χ0) is 30.8. The van der Waals surface area contributed by atoms with Crippen LogP contribution in [0.25, 0.3) is 0 Å². The first-order chi connectivity index (χ1) is 19.8. The molecule has 1 saturated carbocycles. The van der Waals surface area contributed by atoms with Crippen LogP contribution < -0.4 is 9.64 Å². The number of hydrogen-bond acceptors (Lipinski definition) is 6. The molecule has 42 heavy (non-hydrogen) atoms. The van der Waals surface area contributed by atoms with Crippen molar-refractivity contribution in [2.24, 2.45) is 11.8 Å². The van der Waals surface area contributed by atoms with Crippen LogP contribution in [-0.2, 0) is 11.0 Å². The fraction of sp³-hybridized carbons (Fsp3) is 0.400. The van der Waals surface area contributed by atoms with Gasteiger partial charge in [0.15, 0.2) is 11.6 Å². The van der Waals surface area contributed by atoms with Gasteiger partial charge in [-0.2, -0.15) is 13.2 Å². The maximum absolute atomic E-state index is 15.4. The average Bonchev–Trinajstić information content (AvgIpc) is 2.94. The molecule has 0 radical (unpaired) electrons. The molecule has 0 bridgehead atoms. The lowest BCUT2D eigenvalue weighted by atomic mass is 9.82. The first kappa shape index (κ1) is 30.9. The topological polar surface area (TPSA) is 113 Å². The highest BCUT2D eigenvalue weighted by Crippen LogP contribution is 2.41. The molecule has 2 aromatic heterocycles. The number of benzene rings is 1. The average molecular weight is 590 g/mol. The second-order valence-corrected chi connectivity index (χ2v) is 10.8. The van der Waals surface area contributed by atoms with E-state index in [2.05, 4.69) is 16.9 Å². The van der Waals surface area contributed by atoms with Crippen LogP contribution in [0.3, 0.4) is 0 Å². The number of aromatic carboxylic acids is 1. The van der Waals surface area contributed by atoms with Gasteiger partial charge in [0.1, 0.15) is 11.7 Å². The first-order valence-corrected chi connectivity index (χ1v) is 13.5. The summed E-state index contributed by atoms with van der Waals surface area (Å²) in [5, 5.41) is 20.5. The highest BCUT2D eigenvalue weighted by Gasteiger charge is 2.38. The molecule has 0 aliphatic heterocycles. The van der Waals surface area contributed by atoms with E-state index in [0.29, 0.717) is 24.8 Å². The van der Waals surface area contributed by atoms with Crippen molar-refractivity contribution in [3.63, 3.8) is 0 Å². The van der Waals surface area contributed by atoms with E-state index in [1.54, 1.807) is 13.8 Å². The predicted molar refractivity (Wildman–Crippen MR) is 145 cm³/mol. The van der Waals surface area contributed by atoms with E-state index < -0.39 is 52.9 Å². The molecule has 2 heterocycles. The van der Waals surface area contributed by atoms with E-state index in [-0.39, 0.29) is 28.6 Å². The van der Waals surface area contributed by atoms with Crippen LogP contribution in [-0.4, -0.2) is 38.1 Å². The van der Waals surface area contributed by atoms with E-state index >= 15 is 4.39 Å². The Morgan fingerprint density at radius 3 is 2.33 bits per heavy atom. The molecule has 1 aliphatic carbocycles. The normalized spacial score (nSPS) is 18.0. The smallest absolute Gasteiger partial charge is 0.421 e. The molecule has 1 fully saturated rings. The van der Waals surface area contributed by atoms with E-state index in [0.717, 1.165) is 31.2 Å². The van der Waals surface area contributed by atoms with Gasteiger partial charge in [-0.1, -0.05) is 13.0 Å². The lowest BCUT2D eigenvalue weighted by Gasteiger charge is -2.34. The fourth-order valence-corrected chi connectivity index (χ4v) is 5.08. The molecule has 0 saturated heterocycles. The number of carbonyl (C=O) groups is 2. The Labute approximate surface area is 240 Å². The minimum atomic E-state index is -5.02. The third kappa shape index (κ3) is 6.70. The standard InChI is InChI=1S/C30H31F4N3O5/c1-16(2)37(28(39)18-8-6-17(3)7-9-18)24-13-23(31)25(12-21(24)29(40)41)42-27-22(30(32,33)34)11-20(15-36-27)26(38)19-5-4-10-35-14-19/h4-5,10-18,26,38H,6-9H2,1-3H3,(H,40,41)/t17-,18-,26?. The largest absolute Gasteiger partial charge is 0.478 e. The monoisotopic (exact) mass is 589 g/mol. The summed E-state index contributed by atoms with van der Waals surface area (Å²) in [6.45, 7) is 5.42. The number of carboxylic acid groups (broad SMARTS) is 1. The summed E-state index contributed by atoms with van der Waals surface area (Å²) < 4.78 is 62.6. The Morgan fingerprint density at radius 1 is 1.07 bits per heavy atom. The molecule has 3 aromatic rings. The van der Waals surface area contributed by atoms with E-state index in [4.69, 9.17) is 4.74 Å². The summed E-state index contributed by atoms with van der Waals surface area (Å²) in [6, 6.07) is 4.60. The molecule has 1 atom stereocenters. The van der Waals surface area contributed by atoms with Gasteiger partial charge in [-0.15, -0.1) is 0 Å². The van der Waals surface area contributed by atoms with Gasteiger partial charge < -0.3 is 19.8 Å². The third-order valence-electron chi connectivity index (χ3n) is 7.36. The van der Waals surface area contributed by atoms with Crippen LogP contribution in [0.15, 0.2) is 48.9 Å². The Balaban J connectivity index is 1.72. The molecular weight excluding hydrogens is 558 g/mol. The van der Waals surface area contributed by atoms with Gasteiger partial charge in [0, 0.05) is 53.8 Å². The zero-order valence-electron chi connectivity index (χ0n) is 23.2. The summed E-state index contributed by atoms with van der Waals surface area (Å²) in [5.74, 6) is -4.80. The van der Waals surface area contributed by atoms with Gasteiger partial charge in [0.2, 0.25) is 11.8 Å². The van der Waals surface area contributed by atoms with Crippen molar-refractivity contribution < 1.29 is 42.1 Å². The van der Waals surface area contributed by atoms with Crippen molar-refractivity contribution >= 4 is 17.6 Å². The Morgan fingerprint density at radius 2 is 1.76 bits per heavy atom. The number of ether oxygens (including phenoxy) is 1. The number of pyridine rings is 2. The number of anilines is 1. The van der Waals surface area contributed by atoms with Crippen molar-refractivity contribution in [1.29, 1.82) is 0 Å². The SMILES string of the molecule is CC(C)N(c1cc(F)c(Oc2ncc(C(O)c3cccnc3)cc2C(F)(F)F)cc1C(=O)O)C(=O)[C@H]1CC[C@H](C)CC1. The summed E-state index contributed by atoms with van der Waals surface area (Å²) >= 11 is 0. The Kier molecular flexibility index (Phi) is 9.15. The molecule has 1 aliphatic rings. The molecule has 12 heteroatoms. The van der Waals surface area contributed by atoms with Gasteiger partial charge in [0.25, 0.3) is 0 Å². The molecule has 1 amide bonds. The van der Waals surface area contributed by atoms with Crippen molar-refractivity contribution in [2.75, 3.05) is 4.90 Å². The minimum absolute atomic E-state index is 0.215. The lowest BCUT2D eigenvalue weighted by molar-refractivity contribution is -0.139. The predicted octanol–water partition coefficient (Wildman–Crippen LogP) is 6.77. The van der Waals surface area contributed by atoms with Gasteiger partial charge in [-0.25, -0.2) is 14.2 Å². The van der Waals surface area contributed by atoms with Crippen LogP contribution in [0, 0.1) is 17.7 Å². The second-order valence-electron chi connectivity index (χ2n) is 10.8.